The summed E-state index contributed by atoms with van der Waals surface area (Å²) in [6.07, 6.45) is 0. The smallest absolute Gasteiger partial charge is 0.264 e. The zero-order valence-corrected chi connectivity index (χ0v) is 13.0. The largest absolute Gasteiger partial charge is 0.507 e. The van der Waals surface area contributed by atoms with Gasteiger partial charge in [0.15, 0.2) is 0 Å². The molecule has 2 N–H and O–H groups in total. The summed E-state index contributed by atoms with van der Waals surface area (Å²) in [7, 11) is 1.53. The van der Waals surface area contributed by atoms with Crippen LogP contribution < -0.4 is 5.56 Å². The average molecular weight is 322 g/mol. The molecule has 0 spiro atoms. The van der Waals surface area contributed by atoms with Crippen LogP contribution in [0.4, 0.5) is 4.39 Å². The van der Waals surface area contributed by atoms with E-state index in [0.29, 0.717) is 16.8 Å². The Hall–Kier alpha value is -3.21. The van der Waals surface area contributed by atoms with E-state index in [0.717, 1.165) is 0 Å². The van der Waals surface area contributed by atoms with Crippen LogP contribution in [-0.4, -0.2) is 15.4 Å². The molecule has 120 valence electrons. The summed E-state index contributed by atoms with van der Waals surface area (Å²) in [5.74, 6) is -0.730. The van der Waals surface area contributed by atoms with Gasteiger partial charge in [0, 0.05) is 24.2 Å². The average Bonchev–Trinajstić information content (AvgIpc) is 2.59. The topological polar surface area (TPSA) is 66.1 Å². The highest BCUT2D eigenvalue weighted by atomic mass is 19.1. The van der Waals surface area contributed by atoms with E-state index in [-0.39, 0.29) is 17.0 Å². The number of nitrogens with one attached hydrogen (secondary N) is 1. The van der Waals surface area contributed by atoms with Crippen LogP contribution >= 0.6 is 0 Å². The number of hydrogen-bond acceptors (Lipinski definition) is 3. The van der Waals surface area contributed by atoms with Crippen molar-refractivity contribution in [1.82, 2.24) is 4.57 Å². The minimum atomic E-state index is -0.511. The quantitative estimate of drug-likeness (QED) is 0.727. The van der Waals surface area contributed by atoms with Gasteiger partial charge in [0.25, 0.3) is 5.56 Å². The van der Waals surface area contributed by atoms with Gasteiger partial charge in [-0.05, 0) is 12.1 Å². The summed E-state index contributed by atoms with van der Waals surface area (Å²) < 4.78 is 14.7. The molecule has 0 aliphatic heterocycles. The number of rotatable bonds is 3. The van der Waals surface area contributed by atoms with Crippen LogP contribution in [0.3, 0.4) is 0 Å². The van der Waals surface area contributed by atoms with Crippen molar-refractivity contribution in [2.75, 3.05) is 0 Å². The van der Waals surface area contributed by atoms with Gasteiger partial charge in [-0.25, -0.2) is 4.39 Å². The highest BCUT2D eigenvalue weighted by Crippen LogP contribution is 2.25. The Morgan fingerprint density at radius 3 is 2.46 bits per heavy atom. The van der Waals surface area contributed by atoms with Gasteiger partial charge in [-0.1, -0.05) is 42.5 Å². The van der Waals surface area contributed by atoms with Gasteiger partial charge < -0.3 is 9.67 Å². The molecule has 5 heteroatoms. The van der Waals surface area contributed by atoms with Gasteiger partial charge in [0.2, 0.25) is 0 Å². The summed E-state index contributed by atoms with van der Waals surface area (Å²) >= 11 is 0. The van der Waals surface area contributed by atoms with Gasteiger partial charge in [0.05, 0.1) is 11.4 Å². The zero-order valence-electron chi connectivity index (χ0n) is 13.0. The van der Waals surface area contributed by atoms with E-state index in [1.165, 1.54) is 35.9 Å². The first-order valence-electron chi connectivity index (χ1n) is 7.32. The lowest BCUT2D eigenvalue weighted by Crippen LogP contribution is -2.26. The first-order chi connectivity index (χ1) is 11.5. The summed E-state index contributed by atoms with van der Waals surface area (Å²) in [5.41, 5.74) is 0.735. The maximum absolute atomic E-state index is 13.4. The molecule has 0 aliphatic rings. The molecule has 0 unspecified atom stereocenters. The molecule has 0 radical (unpaired) electrons. The normalized spacial score (nSPS) is 10.6. The predicted molar refractivity (Wildman–Crippen MR) is 91.1 cm³/mol. The van der Waals surface area contributed by atoms with E-state index in [4.69, 9.17) is 5.41 Å². The molecule has 1 heterocycles. The van der Waals surface area contributed by atoms with Gasteiger partial charge in [-0.3, -0.25) is 10.2 Å². The minimum Gasteiger partial charge on any atom is -0.507 e. The molecule has 2 aromatic carbocycles. The fourth-order valence-electron chi connectivity index (χ4n) is 2.59. The molecule has 24 heavy (non-hydrogen) atoms. The summed E-state index contributed by atoms with van der Waals surface area (Å²) in [5, 5.41) is 18.5. The third-order valence-electron chi connectivity index (χ3n) is 3.84. The monoisotopic (exact) mass is 322 g/mol. The number of hydrogen-bond donors (Lipinski definition) is 2. The lowest BCUT2D eigenvalue weighted by atomic mass is 10.0. The highest BCUT2D eigenvalue weighted by molar-refractivity contribution is 6.12. The van der Waals surface area contributed by atoms with Crippen molar-refractivity contribution in [3.63, 3.8) is 0 Å². The van der Waals surface area contributed by atoms with E-state index in [1.807, 2.05) is 6.07 Å². The molecule has 3 rings (SSSR count). The second-order valence-corrected chi connectivity index (χ2v) is 5.41. The number of halogens is 1. The minimum absolute atomic E-state index is 0.0560. The molecular formula is C19H15FN2O2. The second-order valence-electron chi connectivity index (χ2n) is 5.41. The lowest BCUT2D eigenvalue weighted by Gasteiger charge is -2.13. The Morgan fingerprint density at radius 1 is 1.08 bits per heavy atom. The number of benzene rings is 2. The van der Waals surface area contributed by atoms with Crippen molar-refractivity contribution in [1.29, 1.82) is 5.41 Å². The van der Waals surface area contributed by atoms with Crippen LogP contribution in [-0.2, 0) is 7.05 Å². The number of aromatic nitrogens is 1. The molecule has 0 saturated heterocycles. The summed E-state index contributed by atoms with van der Waals surface area (Å²) in [6, 6.07) is 15.9. The maximum atomic E-state index is 13.4. The van der Waals surface area contributed by atoms with Gasteiger partial charge in [-0.2, -0.15) is 0 Å². The van der Waals surface area contributed by atoms with E-state index in [1.54, 1.807) is 30.3 Å². The molecule has 0 amide bonds. The molecule has 0 bridgehead atoms. The molecule has 3 aromatic rings. The van der Waals surface area contributed by atoms with Crippen LogP contribution in [0, 0.1) is 11.2 Å². The number of nitrogens with zero attached hydrogens (tertiary/aromatic N) is 1. The van der Waals surface area contributed by atoms with Crippen LogP contribution in [0.1, 0.15) is 11.1 Å². The first-order valence-corrected chi connectivity index (χ1v) is 7.32. The predicted octanol–water partition coefficient (Wildman–Crippen LogP) is 3.31. The van der Waals surface area contributed by atoms with Gasteiger partial charge in [0.1, 0.15) is 17.1 Å². The zero-order chi connectivity index (χ0) is 17.3. The Morgan fingerprint density at radius 2 is 1.79 bits per heavy atom. The van der Waals surface area contributed by atoms with Crippen LogP contribution in [0.15, 0.2) is 65.5 Å². The molecule has 0 fully saturated rings. The van der Waals surface area contributed by atoms with Crippen LogP contribution in [0.5, 0.6) is 5.75 Å². The van der Waals surface area contributed by atoms with Crippen molar-refractivity contribution in [2.24, 2.45) is 7.05 Å². The van der Waals surface area contributed by atoms with Crippen molar-refractivity contribution in [3.8, 4) is 17.0 Å². The molecule has 0 atom stereocenters. The Kier molecular flexibility index (Phi) is 4.00. The third-order valence-corrected chi connectivity index (χ3v) is 3.84. The van der Waals surface area contributed by atoms with E-state index >= 15 is 0 Å². The molecular weight excluding hydrogens is 307 g/mol. The standard InChI is InChI=1S/C19H15FN2O2/c1-22-15(13-8-5-9-14(20)10-13)11-16(23)17(19(22)24)18(21)12-6-3-2-4-7-12/h2-11,21,23H,1H3. The maximum Gasteiger partial charge on any atom is 0.264 e. The van der Waals surface area contributed by atoms with Crippen LogP contribution in [0.2, 0.25) is 0 Å². The van der Waals surface area contributed by atoms with E-state index in [9.17, 15) is 14.3 Å². The SMILES string of the molecule is Cn1c(-c2cccc(F)c2)cc(O)c(C(=N)c2ccccc2)c1=O. The molecule has 4 nitrogen and oxygen atoms in total. The Labute approximate surface area is 138 Å². The summed E-state index contributed by atoms with van der Waals surface area (Å²) in [6.45, 7) is 0. The lowest BCUT2D eigenvalue weighted by molar-refractivity contribution is 0.471. The fourth-order valence-corrected chi connectivity index (χ4v) is 2.59. The fraction of sp³-hybridized carbons (Fsp3) is 0.0526. The highest BCUT2D eigenvalue weighted by Gasteiger charge is 2.18. The first kappa shape index (κ1) is 15.7. The molecule has 0 aliphatic carbocycles. The van der Waals surface area contributed by atoms with E-state index in [2.05, 4.69) is 0 Å². The number of pyridine rings is 1. The third kappa shape index (κ3) is 2.72. The molecule has 1 aromatic heterocycles. The molecule has 0 saturated carbocycles. The Balaban J connectivity index is 2.17. The van der Waals surface area contributed by atoms with Crippen LogP contribution in [0.25, 0.3) is 11.3 Å². The van der Waals surface area contributed by atoms with Gasteiger partial charge >= 0.3 is 0 Å². The van der Waals surface area contributed by atoms with Crippen molar-refractivity contribution in [3.05, 3.63) is 88.0 Å². The van der Waals surface area contributed by atoms with Crippen molar-refractivity contribution < 1.29 is 9.50 Å². The second kappa shape index (κ2) is 6.12. The van der Waals surface area contributed by atoms with Gasteiger partial charge in [-0.15, -0.1) is 0 Å². The Bertz CT molecular complexity index is 978. The summed E-state index contributed by atoms with van der Waals surface area (Å²) in [4.78, 5) is 12.7. The van der Waals surface area contributed by atoms with E-state index < -0.39 is 11.4 Å². The van der Waals surface area contributed by atoms with Crippen molar-refractivity contribution in [2.45, 2.75) is 0 Å². The van der Waals surface area contributed by atoms with Crippen molar-refractivity contribution >= 4 is 5.71 Å². The number of aromatic hydroxyl groups is 1.